The van der Waals surface area contributed by atoms with Gasteiger partial charge in [-0.2, -0.15) is 18.4 Å². The molecule has 114 valence electrons. The number of hydrogen-bond donors (Lipinski definition) is 1. The number of halogens is 3. The number of nitrogens with zero attached hydrogens (tertiary/aromatic N) is 1. The van der Waals surface area contributed by atoms with E-state index >= 15 is 0 Å². The number of carbonyl (C=O) groups is 1. The molecule has 0 unspecified atom stereocenters. The van der Waals surface area contributed by atoms with Gasteiger partial charge < -0.3 is 10.1 Å². The molecule has 0 aromatic heterocycles. The number of alkyl halides is 3. The highest BCUT2D eigenvalue weighted by molar-refractivity contribution is 8.04. The molecule has 1 rings (SSSR count). The molecule has 8 heteroatoms. The number of thiocyanates is 1. The highest BCUT2D eigenvalue weighted by Gasteiger charge is 2.27. The van der Waals surface area contributed by atoms with Crippen LogP contribution in [0.2, 0.25) is 0 Å². The maximum Gasteiger partial charge on any atom is 0.392 e. The lowest BCUT2D eigenvalue weighted by atomic mass is 10.2. The minimum absolute atomic E-state index is 0.0631. The third-order valence-electron chi connectivity index (χ3n) is 2.32. The van der Waals surface area contributed by atoms with Crippen LogP contribution in [0.3, 0.4) is 0 Å². The van der Waals surface area contributed by atoms with Crippen LogP contribution in [-0.2, 0) is 4.79 Å². The number of carbonyl (C=O) groups excluding carboxylic acids is 1. The van der Waals surface area contributed by atoms with Crippen LogP contribution >= 0.6 is 11.8 Å². The van der Waals surface area contributed by atoms with Crippen LogP contribution in [0.15, 0.2) is 18.2 Å². The van der Waals surface area contributed by atoms with Gasteiger partial charge in [-0.1, -0.05) is 6.07 Å². The van der Waals surface area contributed by atoms with E-state index < -0.39 is 25.1 Å². The van der Waals surface area contributed by atoms with Crippen LogP contribution in [-0.4, -0.2) is 24.4 Å². The minimum atomic E-state index is -4.29. The molecule has 0 aliphatic carbocycles. The van der Waals surface area contributed by atoms with E-state index in [1.54, 1.807) is 24.5 Å². The summed E-state index contributed by atoms with van der Waals surface area (Å²) in [5.74, 6) is -0.320. The Balaban J connectivity index is 2.71. The number of ether oxygens (including phenoxy) is 1. The summed E-state index contributed by atoms with van der Waals surface area (Å²) in [5.41, 5.74) is 1.11. The Morgan fingerprint density at radius 1 is 1.48 bits per heavy atom. The van der Waals surface area contributed by atoms with Crippen molar-refractivity contribution in [3.8, 4) is 11.2 Å². The van der Waals surface area contributed by atoms with Gasteiger partial charge in [-0.05, 0) is 36.4 Å². The van der Waals surface area contributed by atoms with E-state index in [2.05, 4.69) is 5.32 Å². The molecule has 1 aromatic rings. The van der Waals surface area contributed by atoms with Gasteiger partial charge in [0.1, 0.15) is 11.2 Å². The highest BCUT2D eigenvalue weighted by atomic mass is 32.2. The summed E-state index contributed by atoms with van der Waals surface area (Å²) >= 11 is 0.771. The number of nitrogens with one attached hydrogen (secondary N) is 1. The van der Waals surface area contributed by atoms with Crippen molar-refractivity contribution < 1.29 is 22.7 Å². The first-order valence-electron chi connectivity index (χ1n) is 5.93. The van der Waals surface area contributed by atoms with Gasteiger partial charge in [0.25, 0.3) is 0 Å². The van der Waals surface area contributed by atoms with E-state index in [1.807, 2.05) is 0 Å². The van der Waals surface area contributed by atoms with Gasteiger partial charge in [0, 0.05) is 0 Å². The number of anilines is 1. The third-order valence-corrected chi connectivity index (χ3v) is 2.86. The van der Waals surface area contributed by atoms with E-state index in [0.717, 1.165) is 17.3 Å². The van der Waals surface area contributed by atoms with Crippen molar-refractivity contribution in [3.63, 3.8) is 0 Å². The lowest BCUT2D eigenvalue weighted by molar-refractivity contribution is -0.139. The number of rotatable bonds is 6. The normalized spacial score (nSPS) is 10.8. The number of amides is 1. The summed E-state index contributed by atoms with van der Waals surface area (Å²) in [6, 6.07) is 4.76. The second-order valence-corrected chi connectivity index (χ2v) is 4.90. The van der Waals surface area contributed by atoms with Crippen LogP contribution < -0.4 is 10.1 Å². The van der Waals surface area contributed by atoms with Crippen molar-refractivity contribution in [1.29, 1.82) is 5.26 Å². The summed E-state index contributed by atoms with van der Waals surface area (Å²) in [6.07, 6.45) is -5.36. The zero-order chi connectivity index (χ0) is 15.9. The van der Waals surface area contributed by atoms with E-state index in [0.29, 0.717) is 5.69 Å². The van der Waals surface area contributed by atoms with Gasteiger partial charge >= 0.3 is 6.18 Å². The molecular weight excluding hydrogens is 305 g/mol. The number of hydrogen-bond acceptors (Lipinski definition) is 4. The van der Waals surface area contributed by atoms with Crippen LogP contribution in [0.25, 0.3) is 0 Å². The number of thioether (sulfide) groups is 1. The van der Waals surface area contributed by atoms with Crippen molar-refractivity contribution in [2.45, 2.75) is 19.5 Å². The maximum atomic E-state index is 12.1. The molecule has 0 radical (unpaired) electrons. The molecule has 1 N–H and O–H groups in total. The Bertz CT molecular complexity index is 541. The molecule has 4 nitrogen and oxygen atoms in total. The maximum absolute atomic E-state index is 12.1. The molecule has 1 amide bonds. The van der Waals surface area contributed by atoms with Crippen molar-refractivity contribution >= 4 is 23.4 Å². The second kappa shape index (κ2) is 7.78. The topological polar surface area (TPSA) is 62.1 Å². The minimum Gasteiger partial charge on any atom is -0.491 e. The number of nitriles is 1. The standard InChI is InChI=1S/C13H13F3N2O2S/c1-9-2-3-11(20-5-4-13(14,15)16)10(6-9)18-12(19)7-21-8-17/h2-3,6H,4-5,7H2,1H3,(H,18,19). The molecule has 0 bridgehead atoms. The molecule has 1 aromatic carbocycles. The van der Waals surface area contributed by atoms with E-state index in [9.17, 15) is 18.0 Å². The Morgan fingerprint density at radius 2 is 2.19 bits per heavy atom. The van der Waals surface area contributed by atoms with Gasteiger partial charge in [-0.3, -0.25) is 4.79 Å². The fourth-order valence-corrected chi connectivity index (χ4v) is 1.70. The number of benzene rings is 1. The SMILES string of the molecule is Cc1ccc(OCCC(F)(F)F)c(NC(=O)CSC#N)c1. The fourth-order valence-electron chi connectivity index (χ4n) is 1.43. The van der Waals surface area contributed by atoms with Crippen LogP contribution in [0.4, 0.5) is 18.9 Å². The largest absolute Gasteiger partial charge is 0.491 e. The molecule has 0 atom stereocenters. The summed E-state index contributed by atoms with van der Waals surface area (Å²) in [4.78, 5) is 11.5. The number of aryl methyl sites for hydroxylation is 1. The molecule has 0 heterocycles. The first-order valence-corrected chi connectivity index (χ1v) is 6.91. The van der Waals surface area contributed by atoms with E-state index in [-0.39, 0.29) is 11.5 Å². The van der Waals surface area contributed by atoms with Crippen LogP contribution in [0, 0.1) is 17.6 Å². The van der Waals surface area contributed by atoms with Gasteiger partial charge in [0.2, 0.25) is 5.91 Å². The summed E-state index contributed by atoms with van der Waals surface area (Å²) in [6.45, 7) is 1.25. The molecule has 0 fully saturated rings. The zero-order valence-electron chi connectivity index (χ0n) is 11.2. The molecule has 0 saturated heterocycles. The van der Waals surface area contributed by atoms with Crippen molar-refractivity contribution in [2.24, 2.45) is 0 Å². The van der Waals surface area contributed by atoms with Crippen LogP contribution in [0.1, 0.15) is 12.0 Å². The molecule has 21 heavy (non-hydrogen) atoms. The average Bonchev–Trinajstić information content (AvgIpc) is 2.37. The lowest BCUT2D eigenvalue weighted by Gasteiger charge is -2.14. The van der Waals surface area contributed by atoms with Gasteiger partial charge in [0.05, 0.1) is 24.5 Å². The van der Waals surface area contributed by atoms with E-state index in [4.69, 9.17) is 10.00 Å². The Labute approximate surface area is 124 Å². The summed E-state index contributed by atoms with van der Waals surface area (Å²) in [7, 11) is 0. The lowest BCUT2D eigenvalue weighted by Crippen LogP contribution is -2.16. The Hall–Kier alpha value is -1.88. The summed E-state index contributed by atoms with van der Waals surface area (Å²) in [5, 5.41) is 12.7. The second-order valence-electron chi connectivity index (χ2n) is 4.14. The molecule has 0 aliphatic rings. The Morgan fingerprint density at radius 3 is 2.81 bits per heavy atom. The summed E-state index contributed by atoms with van der Waals surface area (Å²) < 4.78 is 41.3. The van der Waals surface area contributed by atoms with Crippen LogP contribution in [0.5, 0.6) is 5.75 Å². The predicted molar refractivity (Wildman–Crippen MR) is 74.0 cm³/mol. The smallest absolute Gasteiger partial charge is 0.392 e. The Kier molecular flexibility index (Phi) is 6.37. The predicted octanol–water partition coefficient (Wildman–Crippen LogP) is 3.48. The first kappa shape index (κ1) is 17.2. The monoisotopic (exact) mass is 318 g/mol. The first-order chi connectivity index (χ1) is 9.81. The third kappa shape index (κ3) is 6.90. The van der Waals surface area contributed by atoms with Crippen molar-refractivity contribution in [2.75, 3.05) is 17.7 Å². The van der Waals surface area contributed by atoms with Gasteiger partial charge in [-0.25, -0.2) is 0 Å². The highest BCUT2D eigenvalue weighted by Crippen LogP contribution is 2.27. The fraction of sp³-hybridized carbons (Fsp3) is 0.385. The van der Waals surface area contributed by atoms with Crippen molar-refractivity contribution in [1.82, 2.24) is 0 Å². The van der Waals surface area contributed by atoms with Gasteiger partial charge in [-0.15, -0.1) is 0 Å². The molecular formula is C13H13F3N2O2S. The van der Waals surface area contributed by atoms with Crippen molar-refractivity contribution in [3.05, 3.63) is 23.8 Å². The molecule has 0 spiro atoms. The average molecular weight is 318 g/mol. The molecule has 0 aliphatic heterocycles. The zero-order valence-corrected chi connectivity index (χ0v) is 12.0. The molecule has 0 saturated carbocycles. The van der Waals surface area contributed by atoms with Gasteiger partial charge in [0.15, 0.2) is 0 Å². The van der Waals surface area contributed by atoms with E-state index in [1.165, 1.54) is 6.07 Å². The quantitative estimate of drug-likeness (QED) is 0.816.